The molecular formula is C14H14N2O4. The number of cyclic esters (lactones) is 1. The molecule has 1 aromatic heterocycles. The Morgan fingerprint density at radius 2 is 2.25 bits per heavy atom. The van der Waals surface area contributed by atoms with Gasteiger partial charge in [0.05, 0.1) is 6.54 Å². The number of carboxylic acids is 1. The molecule has 0 saturated carbocycles. The summed E-state index contributed by atoms with van der Waals surface area (Å²) in [5.74, 6) is -1.02. The first-order valence-corrected chi connectivity index (χ1v) is 6.38. The minimum absolute atomic E-state index is 0.247. The van der Waals surface area contributed by atoms with Gasteiger partial charge in [0, 0.05) is 23.5 Å². The molecule has 3 rings (SSSR count). The summed E-state index contributed by atoms with van der Waals surface area (Å²) in [5, 5.41) is 10.3. The second-order valence-corrected chi connectivity index (χ2v) is 4.73. The first-order chi connectivity index (χ1) is 9.66. The van der Waals surface area contributed by atoms with E-state index in [1.807, 2.05) is 24.3 Å². The van der Waals surface area contributed by atoms with Crippen LogP contribution in [0.3, 0.4) is 0 Å². The average Bonchev–Trinajstić information content (AvgIpc) is 3.02. The lowest BCUT2D eigenvalue weighted by molar-refractivity contribution is -0.142. The van der Waals surface area contributed by atoms with Gasteiger partial charge in [-0.1, -0.05) is 18.2 Å². The molecular weight excluding hydrogens is 260 g/mol. The number of para-hydroxylation sites is 1. The van der Waals surface area contributed by atoms with Gasteiger partial charge in [-0.2, -0.15) is 0 Å². The van der Waals surface area contributed by atoms with E-state index in [9.17, 15) is 14.7 Å². The Balaban J connectivity index is 1.90. The van der Waals surface area contributed by atoms with Crippen LogP contribution in [0.15, 0.2) is 30.5 Å². The van der Waals surface area contributed by atoms with Crippen molar-refractivity contribution in [2.24, 2.45) is 0 Å². The van der Waals surface area contributed by atoms with Gasteiger partial charge < -0.3 is 14.8 Å². The van der Waals surface area contributed by atoms with Gasteiger partial charge in [-0.3, -0.25) is 4.90 Å². The number of aromatic amines is 1. The summed E-state index contributed by atoms with van der Waals surface area (Å²) in [5.41, 5.74) is 1.84. The van der Waals surface area contributed by atoms with Crippen molar-refractivity contribution < 1.29 is 19.4 Å². The van der Waals surface area contributed by atoms with E-state index in [0.717, 1.165) is 16.5 Å². The number of H-pyrrole nitrogens is 1. The van der Waals surface area contributed by atoms with Crippen LogP contribution < -0.4 is 0 Å². The number of fused-ring (bicyclic) bond motifs is 1. The van der Waals surface area contributed by atoms with E-state index < -0.39 is 18.1 Å². The van der Waals surface area contributed by atoms with Crippen molar-refractivity contribution in [2.45, 2.75) is 12.5 Å². The fraction of sp³-hybridized carbons (Fsp3) is 0.286. The second-order valence-electron chi connectivity index (χ2n) is 4.73. The lowest BCUT2D eigenvalue weighted by Gasteiger charge is -2.21. The number of carbonyl (C=O) groups excluding carboxylic acids is 1. The topological polar surface area (TPSA) is 82.6 Å². The third-order valence-electron chi connectivity index (χ3n) is 3.54. The highest BCUT2D eigenvalue weighted by molar-refractivity contribution is 5.85. The molecule has 1 amide bonds. The fourth-order valence-electron chi connectivity index (χ4n) is 2.53. The molecule has 6 nitrogen and oxygen atoms in total. The van der Waals surface area contributed by atoms with Crippen molar-refractivity contribution in [3.63, 3.8) is 0 Å². The van der Waals surface area contributed by atoms with Crippen molar-refractivity contribution in [2.75, 3.05) is 13.2 Å². The first kappa shape index (κ1) is 12.5. The summed E-state index contributed by atoms with van der Waals surface area (Å²) < 4.78 is 4.82. The largest absolute Gasteiger partial charge is 0.480 e. The number of carboxylic acid groups (broad SMARTS) is 1. The van der Waals surface area contributed by atoms with Crippen molar-refractivity contribution in [3.8, 4) is 0 Å². The molecule has 0 spiro atoms. The second kappa shape index (κ2) is 4.88. The number of ether oxygens (including phenoxy) is 1. The molecule has 0 bridgehead atoms. The highest BCUT2D eigenvalue weighted by atomic mass is 16.6. The third-order valence-corrected chi connectivity index (χ3v) is 3.54. The monoisotopic (exact) mass is 274 g/mol. The number of hydrogen-bond donors (Lipinski definition) is 2. The maximum absolute atomic E-state index is 11.5. The zero-order valence-electron chi connectivity index (χ0n) is 10.7. The van der Waals surface area contributed by atoms with Gasteiger partial charge in [0.1, 0.15) is 12.6 Å². The third kappa shape index (κ3) is 2.09. The molecule has 1 atom stereocenters. The predicted molar refractivity (Wildman–Crippen MR) is 71.5 cm³/mol. The van der Waals surface area contributed by atoms with Gasteiger partial charge in [0.2, 0.25) is 0 Å². The highest BCUT2D eigenvalue weighted by Crippen LogP contribution is 2.21. The minimum Gasteiger partial charge on any atom is -0.480 e. The molecule has 2 N–H and O–H groups in total. The summed E-state index contributed by atoms with van der Waals surface area (Å²) in [7, 11) is 0. The Labute approximate surface area is 114 Å². The van der Waals surface area contributed by atoms with Gasteiger partial charge in [-0.05, 0) is 11.6 Å². The van der Waals surface area contributed by atoms with E-state index in [2.05, 4.69) is 4.98 Å². The Bertz CT molecular complexity index is 664. The zero-order chi connectivity index (χ0) is 14.1. The van der Waals surface area contributed by atoms with Crippen LogP contribution in [-0.4, -0.2) is 46.2 Å². The first-order valence-electron chi connectivity index (χ1n) is 6.38. The van der Waals surface area contributed by atoms with E-state index >= 15 is 0 Å². The number of aromatic nitrogens is 1. The normalized spacial score (nSPS) is 16.4. The number of nitrogens with one attached hydrogen (secondary N) is 1. The van der Waals surface area contributed by atoms with Crippen LogP contribution in [-0.2, 0) is 16.0 Å². The maximum atomic E-state index is 11.5. The summed E-state index contributed by atoms with van der Waals surface area (Å²) in [4.78, 5) is 27.4. The minimum atomic E-state index is -1.02. The number of benzene rings is 1. The fourth-order valence-corrected chi connectivity index (χ4v) is 2.53. The van der Waals surface area contributed by atoms with Gasteiger partial charge in [-0.25, -0.2) is 9.59 Å². The van der Waals surface area contributed by atoms with Gasteiger partial charge in [0.15, 0.2) is 0 Å². The van der Waals surface area contributed by atoms with Crippen molar-refractivity contribution in [1.29, 1.82) is 0 Å². The van der Waals surface area contributed by atoms with Crippen LogP contribution >= 0.6 is 0 Å². The molecule has 0 aliphatic carbocycles. The molecule has 1 fully saturated rings. The van der Waals surface area contributed by atoms with E-state index in [4.69, 9.17) is 4.74 Å². The van der Waals surface area contributed by atoms with E-state index in [1.54, 1.807) is 6.20 Å². The maximum Gasteiger partial charge on any atom is 0.410 e. The molecule has 2 aromatic rings. The smallest absolute Gasteiger partial charge is 0.410 e. The zero-order valence-corrected chi connectivity index (χ0v) is 10.7. The molecule has 1 aliphatic rings. The van der Waals surface area contributed by atoms with Crippen molar-refractivity contribution in [1.82, 2.24) is 9.88 Å². The summed E-state index contributed by atoms with van der Waals surface area (Å²) in [6.45, 7) is 0.564. The number of rotatable bonds is 4. The van der Waals surface area contributed by atoms with E-state index in [-0.39, 0.29) is 13.0 Å². The Hall–Kier alpha value is -2.50. The Kier molecular flexibility index (Phi) is 3.06. The van der Waals surface area contributed by atoms with Gasteiger partial charge in [0.25, 0.3) is 0 Å². The lowest BCUT2D eigenvalue weighted by atomic mass is 10.0. The molecule has 1 unspecified atom stereocenters. The molecule has 20 heavy (non-hydrogen) atoms. The molecule has 104 valence electrons. The average molecular weight is 274 g/mol. The predicted octanol–water partition coefficient (Wildman–Crippen LogP) is 1.62. The van der Waals surface area contributed by atoms with Crippen LogP contribution in [0.25, 0.3) is 10.9 Å². The van der Waals surface area contributed by atoms with Crippen molar-refractivity contribution >= 4 is 23.0 Å². The van der Waals surface area contributed by atoms with Crippen LogP contribution in [0.4, 0.5) is 4.79 Å². The standard InChI is InChI=1S/C14H14N2O4/c17-13(18)12(16-5-6-20-14(16)19)7-9-8-15-11-4-2-1-3-10(9)11/h1-4,8,12,15H,5-7H2,(H,17,18). The number of nitrogens with zero attached hydrogens (tertiary/aromatic N) is 1. The number of aliphatic carboxylic acids is 1. The molecule has 1 aliphatic heterocycles. The number of amides is 1. The molecule has 2 heterocycles. The Morgan fingerprint density at radius 3 is 2.95 bits per heavy atom. The van der Waals surface area contributed by atoms with Crippen molar-refractivity contribution in [3.05, 3.63) is 36.0 Å². The van der Waals surface area contributed by atoms with Gasteiger partial charge in [-0.15, -0.1) is 0 Å². The molecule has 1 saturated heterocycles. The van der Waals surface area contributed by atoms with E-state index in [0.29, 0.717) is 6.54 Å². The van der Waals surface area contributed by atoms with Crippen LogP contribution in [0.5, 0.6) is 0 Å². The molecule has 6 heteroatoms. The van der Waals surface area contributed by atoms with E-state index in [1.165, 1.54) is 4.90 Å². The van der Waals surface area contributed by atoms with Crippen LogP contribution in [0, 0.1) is 0 Å². The summed E-state index contributed by atoms with van der Waals surface area (Å²) in [6, 6.07) is 6.78. The molecule has 0 radical (unpaired) electrons. The highest BCUT2D eigenvalue weighted by Gasteiger charge is 2.34. The number of carbonyl (C=O) groups is 2. The molecule has 1 aromatic carbocycles. The SMILES string of the molecule is O=C(O)C(Cc1c[nH]c2ccccc12)N1CCOC1=O. The van der Waals surface area contributed by atoms with Crippen LogP contribution in [0.2, 0.25) is 0 Å². The lowest BCUT2D eigenvalue weighted by Crippen LogP contribution is -2.43. The summed E-state index contributed by atoms with van der Waals surface area (Å²) in [6.07, 6.45) is 1.49. The van der Waals surface area contributed by atoms with Gasteiger partial charge >= 0.3 is 12.1 Å². The summed E-state index contributed by atoms with van der Waals surface area (Å²) >= 11 is 0. The van der Waals surface area contributed by atoms with Crippen LogP contribution in [0.1, 0.15) is 5.56 Å². The quantitative estimate of drug-likeness (QED) is 0.887. The Morgan fingerprint density at radius 1 is 1.45 bits per heavy atom. The number of hydrogen-bond acceptors (Lipinski definition) is 3.